The van der Waals surface area contributed by atoms with Crippen molar-refractivity contribution in [1.82, 2.24) is 4.90 Å². The molecule has 1 nitrogen and oxygen atoms in total. The second-order valence-electron chi connectivity index (χ2n) is 5.65. The van der Waals surface area contributed by atoms with Gasteiger partial charge in [-0.2, -0.15) is 0 Å². The monoisotopic (exact) mass is 215 g/mol. The highest BCUT2D eigenvalue weighted by atomic mass is 15.0. The van der Waals surface area contributed by atoms with Crippen LogP contribution < -0.4 is 0 Å². The highest BCUT2D eigenvalue weighted by Gasteiger charge is 2.17. The average Bonchev–Trinajstić information content (AvgIpc) is 2.16. The summed E-state index contributed by atoms with van der Waals surface area (Å²) in [6, 6.07) is 0. The summed E-state index contributed by atoms with van der Waals surface area (Å²) in [6.07, 6.45) is 4.03. The Labute approximate surface area is 98.2 Å². The van der Waals surface area contributed by atoms with Gasteiger partial charge >= 0.3 is 0 Å². The minimum absolute atomic E-state index is 0.522. The summed E-state index contributed by atoms with van der Waals surface area (Å²) < 4.78 is 0. The molecule has 0 fully saturated rings. The van der Waals surface area contributed by atoms with Gasteiger partial charge in [0.1, 0.15) is 0 Å². The zero-order valence-electron chi connectivity index (χ0n) is 12.4. The Balaban J connectivity index is 0. The molecule has 0 unspecified atom stereocenters. The fourth-order valence-corrected chi connectivity index (χ4v) is 1.33. The molecule has 0 N–H and O–H groups in total. The van der Waals surface area contributed by atoms with Crippen molar-refractivity contribution in [2.75, 3.05) is 20.6 Å². The highest BCUT2D eigenvalue weighted by Crippen LogP contribution is 2.28. The summed E-state index contributed by atoms with van der Waals surface area (Å²) in [6.45, 7) is 14.6. The molecule has 0 saturated carbocycles. The van der Waals surface area contributed by atoms with Gasteiger partial charge in [-0.3, -0.25) is 0 Å². The summed E-state index contributed by atoms with van der Waals surface area (Å²) in [5.74, 6) is 0.846. The van der Waals surface area contributed by atoms with Gasteiger partial charge in [-0.05, 0) is 44.8 Å². The Kier molecular flexibility index (Phi) is 10.7. The van der Waals surface area contributed by atoms with Crippen molar-refractivity contribution in [1.29, 1.82) is 0 Å². The molecule has 0 spiro atoms. The predicted octanol–water partition coefficient (Wildman–Crippen LogP) is 4.43. The Bertz CT molecular complexity index is 111. The van der Waals surface area contributed by atoms with Crippen molar-refractivity contribution in [3.8, 4) is 0 Å². The molecule has 0 aliphatic heterocycles. The third kappa shape index (κ3) is 14.0. The quantitative estimate of drug-likeness (QED) is 0.633. The van der Waals surface area contributed by atoms with Crippen LogP contribution >= 0.6 is 0 Å². The first-order valence-electron chi connectivity index (χ1n) is 6.48. The van der Waals surface area contributed by atoms with E-state index < -0.39 is 0 Å². The lowest BCUT2D eigenvalue weighted by molar-refractivity contribution is 0.242. The van der Waals surface area contributed by atoms with E-state index in [1.54, 1.807) is 0 Å². The van der Waals surface area contributed by atoms with Gasteiger partial charge in [-0.15, -0.1) is 0 Å². The van der Waals surface area contributed by atoms with E-state index in [-0.39, 0.29) is 0 Å². The molecule has 0 saturated heterocycles. The molecule has 0 rings (SSSR count). The maximum absolute atomic E-state index is 2.39. The Hall–Kier alpha value is -0.0400. The van der Waals surface area contributed by atoms with Gasteiger partial charge in [0.05, 0.1) is 0 Å². The van der Waals surface area contributed by atoms with Crippen LogP contribution in [-0.4, -0.2) is 25.5 Å². The van der Waals surface area contributed by atoms with Gasteiger partial charge in [0.2, 0.25) is 0 Å². The molecule has 94 valence electrons. The molecular weight excluding hydrogens is 182 g/mol. The van der Waals surface area contributed by atoms with Gasteiger partial charge in [-0.25, -0.2) is 0 Å². The summed E-state index contributed by atoms with van der Waals surface area (Å²) in [4.78, 5) is 2.27. The Morgan fingerprint density at radius 1 is 1.00 bits per heavy atom. The van der Waals surface area contributed by atoms with Crippen molar-refractivity contribution in [2.45, 2.75) is 60.8 Å². The molecule has 0 atom stereocenters. The highest BCUT2D eigenvalue weighted by molar-refractivity contribution is 4.70. The summed E-state index contributed by atoms with van der Waals surface area (Å²) >= 11 is 0. The molecule has 1 heteroatoms. The Morgan fingerprint density at radius 3 is 1.80 bits per heavy atom. The molecule has 0 bridgehead atoms. The summed E-state index contributed by atoms with van der Waals surface area (Å²) in [7, 11) is 4.30. The third-order valence-corrected chi connectivity index (χ3v) is 2.63. The van der Waals surface area contributed by atoms with E-state index in [0.29, 0.717) is 5.41 Å². The maximum atomic E-state index is 2.39. The van der Waals surface area contributed by atoms with Crippen LogP contribution in [0, 0.1) is 11.3 Å². The van der Waals surface area contributed by atoms with E-state index in [0.717, 1.165) is 5.92 Å². The van der Waals surface area contributed by atoms with Crippen LogP contribution in [-0.2, 0) is 0 Å². The van der Waals surface area contributed by atoms with Crippen LogP contribution in [0.5, 0.6) is 0 Å². The SMILES string of the molecule is CC.CC(C)CCC(C)(C)CCN(C)C. The van der Waals surface area contributed by atoms with Crippen LogP contribution in [0.3, 0.4) is 0 Å². The van der Waals surface area contributed by atoms with E-state index >= 15 is 0 Å². The van der Waals surface area contributed by atoms with Gasteiger partial charge < -0.3 is 4.90 Å². The van der Waals surface area contributed by atoms with E-state index in [1.807, 2.05) is 13.8 Å². The summed E-state index contributed by atoms with van der Waals surface area (Å²) in [5, 5.41) is 0. The fraction of sp³-hybridized carbons (Fsp3) is 1.00. The van der Waals surface area contributed by atoms with Crippen LogP contribution in [0.1, 0.15) is 60.8 Å². The van der Waals surface area contributed by atoms with E-state index in [4.69, 9.17) is 0 Å². The van der Waals surface area contributed by atoms with Crippen LogP contribution in [0.2, 0.25) is 0 Å². The minimum Gasteiger partial charge on any atom is -0.309 e. The fourth-order valence-electron chi connectivity index (χ4n) is 1.33. The van der Waals surface area contributed by atoms with Crippen LogP contribution in [0.15, 0.2) is 0 Å². The first-order chi connectivity index (χ1) is 6.83. The lowest BCUT2D eigenvalue weighted by Gasteiger charge is -2.27. The largest absolute Gasteiger partial charge is 0.309 e. The van der Waals surface area contributed by atoms with Gasteiger partial charge in [-0.1, -0.05) is 48.0 Å². The molecule has 0 radical (unpaired) electrons. The molecule has 0 aliphatic carbocycles. The van der Waals surface area contributed by atoms with Crippen molar-refractivity contribution in [3.05, 3.63) is 0 Å². The zero-order chi connectivity index (χ0) is 12.5. The van der Waals surface area contributed by atoms with Crippen LogP contribution in [0.4, 0.5) is 0 Å². The van der Waals surface area contributed by atoms with E-state index in [9.17, 15) is 0 Å². The zero-order valence-corrected chi connectivity index (χ0v) is 12.4. The Morgan fingerprint density at radius 2 is 1.47 bits per heavy atom. The molecule has 15 heavy (non-hydrogen) atoms. The minimum atomic E-state index is 0.522. The molecule has 0 aromatic heterocycles. The normalized spacial score (nSPS) is 11.6. The average molecular weight is 215 g/mol. The lowest BCUT2D eigenvalue weighted by Crippen LogP contribution is -2.21. The lowest BCUT2D eigenvalue weighted by atomic mass is 9.82. The molecule has 0 aliphatic rings. The van der Waals surface area contributed by atoms with Gasteiger partial charge in [0.25, 0.3) is 0 Å². The van der Waals surface area contributed by atoms with Crippen molar-refractivity contribution < 1.29 is 0 Å². The topological polar surface area (TPSA) is 3.24 Å². The van der Waals surface area contributed by atoms with E-state index in [1.165, 1.54) is 25.8 Å². The molecule has 0 heterocycles. The second-order valence-corrected chi connectivity index (χ2v) is 5.65. The predicted molar refractivity (Wildman–Crippen MR) is 72.4 cm³/mol. The summed E-state index contributed by atoms with van der Waals surface area (Å²) in [5.41, 5.74) is 0.522. The standard InChI is InChI=1S/C12H27N.C2H6/c1-11(2)7-8-12(3,4)9-10-13(5)6;1-2/h11H,7-10H2,1-6H3;1-2H3. The molecular formula is C14H33N. The van der Waals surface area contributed by atoms with E-state index in [2.05, 4.69) is 46.7 Å². The van der Waals surface area contributed by atoms with Crippen molar-refractivity contribution >= 4 is 0 Å². The number of hydrogen-bond acceptors (Lipinski definition) is 1. The van der Waals surface area contributed by atoms with Crippen molar-refractivity contribution in [3.63, 3.8) is 0 Å². The van der Waals surface area contributed by atoms with Crippen molar-refractivity contribution in [2.24, 2.45) is 11.3 Å². The van der Waals surface area contributed by atoms with Crippen LogP contribution in [0.25, 0.3) is 0 Å². The van der Waals surface area contributed by atoms with Gasteiger partial charge in [0, 0.05) is 0 Å². The third-order valence-electron chi connectivity index (χ3n) is 2.63. The molecule has 0 aromatic rings. The number of hydrogen-bond donors (Lipinski definition) is 0. The smallest absolute Gasteiger partial charge is 0.00197 e. The maximum Gasteiger partial charge on any atom is -0.00197 e. The number of nitrogens with zero attached hydrogens (tertiary/aromatic N) is 1. The van der Waals surface area contributed by atoms with Gasteiger partial charge in [0.15, 0.2) is 0 Å². The first-order valence-corrected chi connectivity index (χ1v) is 6.48. The molecule has 0 aromatic carbocycles. The first kappa shape index (κ1) is 17.4. The second kappa shape index (κ2) is 9.21. The number of rotatable bonds is 6. The molecule has 0 amide bonds.